The van der Waals surface area contributed by atoms with Gasteiger partial charge in [-0.05, 0) is 37.1 Å². The predicted octanol–water partition coefficient (Wildman–Crippen LogP) is 1.97. The number of hydrogen-bond donors (Lipinski definition) is 2. The highest BCUT2D eigenvalue weighted by atomic mass is 32.2. The Morgan fingerprint density at radius 2 is 2.11 bits per heavy atom. The Morgan fingerprint density at radius 3 is 2.74 bits per heavy atom. The fourth-order valence-electron chi connectivity index (χ4n) is 2.19. The van der Waals surface area contributed by atoms with Crippen molar-refractivity contribution in [3.63, 3.8) is 0 Å². The quantitative estimate of drug-likeness (QED) is 0.810. The van der Waals surface area contributed by atoms with E-state index in [0.717, 1.165) is 12.2 Å². The third kappa shape index (κ3) is 3.72. The van der Waals surface area contributed by atoms with Crippen molar-refractivity contribution in [2.24, 2.45) is 5.92 Å². The molecule has 1 fully saturated rings. The topological polar surface area (TPSA) is 50.4 Å². The van der Waals surface area contributed by atoms with E-state index in [1.54, 1.807) is 11.8 Å². The molecule has 19 heavy (non-hydrogen) atoms. The molecule has 1 saturated heterocycles. The van der Waals surface area contributed by atoms with Gasteiger partial charge < -0.3 is 15.4 Å². The van der Waals surface area contributed by atoms with Crippen molar-refractivity contribution in [3.8, 4) is 0 Å². The van der Waals surface area contributed by atoms with E-state index in [2.05, 4.69) is 10.6 Å². The SMILES string of the molecule is CCNC1COCC1C(=O)Nc1ccc(SC)cc1. The van der Waals surface area contributed by atoms with E-state index in [4.69, 9.17) is 4.74 Å². The molecule has 5 heteroatoms. The molecule has 1 aliphatic heterocycles. The first-order valence-corrected chi connectivity index (χ1v) is 7.73. The van der Waals surface area contributed by atoms with Gasteiger partial charge in [-0.1, -0.05) is 6.92 Å². The smallest absolute Gasteiger partial charge is 0.231 e. The van der Waals surface area contributed by atoms with Crippen LogP contribution in [0.25, 0.3) is 0 Å². The maximum absolute atomic E-state index is 12.2. The highest BCUT2D eigenvalue weighted by molar-refractivity contribution is 7.98. The van der Waals surface area contributed by atoms with Gasteiger partial charge in [0, 0.05) is 16.6 Å². The van der Waals surface area contributed by atoms with Crippen LogP contribution in [-0.4, -0.2) is 38.0 Å². The molecule has 1 heterocycles. The molecule has 0 aromatic heterocycles. The Balaban J connectivity index is 1.95. The summed E-state index contributed by atoms with van der Waals surface area (Å²) < 4.78 is 5.39. The number of carbonyl (C=O) groups excluding carboxylic acids is 1. The minimum atomic E-state index is -0.111. The average Bonchev–Trinajstić information content (AvgIpc) is 2.88. The zero-order valence-corrected chi connectivity index (χ0v) is 12.1. The standard InChI is InChI=1S/C14H20N2O2S/c1-3-15-13-9-18-8-12(13)14(17)16-10-4-6-11(19-2)7-5-10/h4-7,12-13,15H,3,8-9H2,1-2H3,(H,16,17). The normalized spacial score (nSPS) is 22.4. The molecular weight excluding hydrogens is 260 g/mol. The number of anilines is 1. The van der Waals surface area contributed by atoms with Gasteiger partial charge in [0.05, 0.1) is 19.1 Å². The van der Waals surface area contributed by atoms with Crippen molar-refractivity contribution < 1.29 is 9.53 Å². The van der Waals surface area contributed by atoms with Crippen LogP contribution in [-0.2, 0) is 9.53 Å². The van der Waals surface area contributed by atoms with Crippen LogP contribution in [0.5, 0.6) is 0 Å². The third-order valence-electron chi connectivity index (χ3n) is 3.24. The zero-order valence-electron chi connectivity index (χ0n) is 11.3. The van der Waals surface area contributed by atoms with Crippen molar-refractivity contribution in [1.82, 2.24) is 5.32 Å². The summed E-state index contributed by atoms with van der Waals surface area (Å²) in [5.41, 5.74) is 0.838. The Labute approximate surface area is 118 Å². The number of thioether (sulfide) groups is 1. The van der Waals surface area contributed by atoms with Crippen LogP contribution in [0.2, 0.25) is 0 Å². The third-order valence-corrected chi connectivity index (χ3v) is 3.98. The lowest BCUT2D eigenvalue weighted by Gasteiger charge is -2.17. The molecule has 1 aromatic carbocycles. The maximum Gasteiger partial charge on any atom is 0.231 e. The Bertz CT molecular complexity index is 422. The van der Waals surface area contributed by atoms with Crippen molar-refractivity contribution >= 4 is 23.4 Å². The number of amides is 1. The predicted molar refractivity (Wildman–Crippen MR) is 78.6 cm³/mol. The molecular formula is C14H20N2O2S. The highest BCUT2D eigenvalue weighted by Crippen LogP contribution is 2.20. The van der Waals surface area contributed by atoms with E-state index in [1.807, 2.05) is 37.4 Å². The monoisotopic (exact) mass is 280 g/mol. The van der Waals surface area contributed by atoms with Crippen molar-refractivity contribution in [1.29, 1.82) is 0 Å². The second-order valence-corrected chi connectivity index (χ2v) is 5.41. The summed E-state index contributed by atoms with van der Waals surface area (Å²) in [6.45, 7) is 3.98. The number of rotatable bonds is 5. The van der Waals surface area contributed by atoms with Crippen LogP contribution in [0, 0.1) is 5.92 Å². The molecule has 0 radical (unpaired) electrons. The second-order valence-electron chi connectivity index (χ2n) is 4.53. The summed E-state index contributed by atoms with van der Waals surface area (Å²) in [5.74, 6) is -0.0828. The maximum atomic E-state index is 12.2. The molecule has 0 spiro atoms. The van der Waals surface area contributed by atoms with Gasteiger partial charge in [-0.2, -0.15) is 0 Å². The van der Waals surface area contributed by atoms with Crippen LogP contribution in [0.3, 0.4) is 0 Å². The molecule has 2 unspecified atom stereocenters. The first-order chi connectivity index (χ1) is 9.24. The molecule has 2 N–H and O–H groups in total. The van der Waals surface area contributed by atoms with E-state index in [1.165, 1.54) is 4.90 Å². The number of ether oxygens (including phenoxy) is 1. The van der Waals surface area contributed by atoms with Gasteiger partial charge >= 0.3 is 0 Å². The molecule has 4 nitrogen and oxygen atoms in total. The lowest BCUT2D eigenvalue weighted by Crippen LogP contribution is -2.41. The fourth-order valence-corrected chi connectivity index (χ4v) is 2.59. The van der Waals surface area contributed by atoms with Gasteiger partial charge in [-0.25, -0.2) is 0 Å². The first kappa shape index (κ1) is 14.4. The minimum absolute atomic E-state index is 0.0281. The van der Waals surface area contributed by atoms with Gasteiger partial charge in [0.15, 0.2) is 0 Å². The summed E-state index contributed by atoms with van der Waals surface area (Å²) in [4.78, 5) is 13.4. The van der Waals surface area contributed by atoms with Crippen LogP contribution < -0.4 is 10.6 Å². The minimum Gasteiger partial charge on any atom is -0.379 e. The summed E-state index contributed by atoms with van der Waals surface area (Å²) >= 11 is 1.69. The summed E-state index contributed by atoms with van der Waals surface area (Å²) in [6, 6.07) is 8.00. The summed E-state index contributed by atoms with van der Waals surface area (Å²) in [7, 11) is 0. The highest BCUT2D eigenvalue weighted by Gasteiger charge is 2.33. The van der Waals surface area contributed by atoms with Crippen molar-refractivity contribution in [2.75, 3.05) is 31.3 Å². The Morgan fingerprint density at radius 1 is 1.37 bits per heavy atom. The van der Waals surface area contributed by atoms with Crippen molar-refractivity contribution in [2.45, 2.75) is 17.9 Å². The van der Waals surface area contributed by atoms with E-state index < -0.39 is 0 Å². The number of likely N-dealkylation sites (N-methyl/N-ethyl adjacent to an activating group) is 1. The number of benzene rings is 1. The molecule has 1 amide bonds. The average molecular weight is 280 g/mol. The Kier molecular flexibility index (Phi) is 5.24. The van der Waals surface area contributed by atoms with Crippen LogP contribution in [0.15, 0.2) is 29.2 Å². The van der Waals surface area contributed by atoms with E-state index in [0.29, 0.717) is 13.2 Å². The van der Waals surface area contributed by atoms with E-state index in [-0.39, 0.29) is 17.9 Å². The molecule has 0 saturated carbocycles. The molecule has 104 valence electrons. The van der Waals surface area contributed by atoms with Crippen molar-refractivity contribution in [3.05, 3.63) is 24.3 Å². The van der Waals surface area contributed by atoms with E-state index in [9.17, 15) is 4.79 Å². The van der Waals surface area contributed by atoms with Gasteiger partial charge in [-0.15, -0.1) is 11.8 Å². The van der Waals surface area contributed by atoms with E-state index >= 15 is 0 Å². The molecule has 1 aromatic rings. The van der Waals surface area contributed by atoms with Gasteiger partial charge in [-0.3, -0.25) is 4.79 Å². The van der Waals surface area contributed by atoms with Gasteiger partial charge in [0.2, 0.25) is 5.91 Å². The first-order valence-electron chi connectivity index (χ1n) is 6.50. The van der Waals surface area contributed by atoms with Gasteiger partial charge in [0.1, 0.15) is 0 Å². The van der Waals surface area contributed by atoms with Gasteiger partial charge in [0.25, 0.3) is 0 Å². The zero-order chi connectivity index (χ0) is 13.7. The van der Waals surface area contributed by atoms with Crippen LogP contribution in [0.1, 0.15) is 6.92 Å². The Hall–Kier alpha value is -1.04. The number of nitrogens with one attached hydrogen (secondary N) is 2. The molecule has 2 rings (SSSR count). The largest absolute Gasteiger partial charge is 0.379 e. The summed E-state index contributed by atoms with van der Waals surface area (Å²) in [5, 5.41) is 6.25. The molecule has 1 aliphatic rings. The second kappa shape index (κ2) is 6.93. The van der Waals surface area contributed by atoms with Crippen LogP contribution >= 0.6 is 11.8 Å². The number of hydrogen-bond acceptors (Lipinski definition) is 4. The number of carbonyl (C=O) groups is 1. The molecule has 2 atom stereocenters. The molecule has 0 bridgehead atoms. The van der Waals surface area contributed by atoms with Crippen LogP contribution in [0.4, 0.5) is 5.69 Å². The summed E-state index contributed by atoms with van der Waals surface area (Å²) in [6.07, 6.45) is 2.03. The fraction of sp³-hybridized carbons (Fsp3) is 0.500. The lowest BCUT2D eigenvalue weighted by atomic mass is 10.0. The molecule has 0 aliphatic carbocycles. The lowest BCUT2D eigenvalue weighted by molar-refractivity contribution is -0.120.